The van der Waals surface area contributed by atoms with E-state index < -0.39 is 11.6 Å². The summed E-state index contributed by atoms with van der Waals surface area (Å²) in [6.45, 7) is 3.54. The lowest BCUT2D eigenvalue weighted by atomic mass is 10.2. The molecule has 0 heterocycles. The van der Waals surface area contributed by atoms with Crippen molar-refractivity contribution in [2.45, 2.75) is 13.5 Å². The molecule has 16 heavy (non-hydrogen) atoms. The predicted octanol–water partition coefficient (Wildman–Crippen LogP) is 2.07. The van der Waals surface area contributed by atoms with Crippen LogP contribution in [0.15, 0.2) is 18.2 Å². The highest BCUT2D eigenvalue weighted by Crippen LogP contribution is 2.10. The molecule has 0 aliphatic heterocycles. The molecule has 2 nitrogen and oxygen atoms in total. The molecule has 0 aliphatic rings. The summed E-state index contributed by atoms with van der Waals surface area (Å²) < 4.78 is 25.9. The van der Waals surface area contributed by atoms with E-state index in [0.29, 0.717) is 23.6 Å². The zero-order chi connectivity index (χ0) is 12.1. The highest BCUT2D eigenvalue weighted by molar-refractivity contribution is 7.80. The van der Waals surface area contributed by atoms with E-state index in [2.05, 4.69) is 0 Å². The summed E-state index contributed by atoms with van der Waals surface area (Å²) in [7, 11) is 0. The largest absolute Gasteiger partial charge is 0.392 e. The average Bonchev–Trinajstić information content (AvgIpc) is 2.14. The van der Waals surface area contributed by atoms with Crippen LogP contribution in [0.5, 0.6) is 0 Å². The van der Waals surface area contributed by atoms with Gasteiger partial charge < -0.3 is 5.73 Å². The van der Waals surface area contributed by atoms with Crippen LogP contribution in [-0.4, -0.2) is 23.0 Å². The first kappa shape index (κ1) is 13.0. The fraction of sp³-hybridized carbons (Fsp3) is 0.364. The molecule has 1 aromatic carbocycles. The number of likely N-dealkylation sites (N-methyl/N-ethyl adjacent to an activating group) is 1. The molecule has 0 radical (unpaired) electrons. The maximum absolute atomic E-state index is 12.9. The van der Waals surface area contributed by atoms with Crippen molar-refractivity contribution in [1.82, 2.24) is 4.90 Å². The first-order valence-corrected chi connectivity index (χ1v) is 5.37. The van der Waals surface area contributed by atoms with E-state index in [1.807, 2.05) is 11.8 Å². The van der Waals surface area contributed by atoms with Gasteiger partial charge in [-0.25, -0.2) is 8.78 Å². The van der Waals surface area contributed by atoms with Gasteiger partial charge in [-0.15, -0.1) is 0 Å². The number of hydrogen-bond donors (Lipinski definition) is 1. The van der Waals surface area contributed by atoms with Crippen LogP contribution in [0.4, 0.5) is 8.78 Å². The second kappa shape index (κ2) is 5.86. The number of rotatable bonds is 5. The lowest BCUT2D eigenvalue weighted by Crippen LogP contribution is -2.32. The van der Waals surface area contributed by atoms with Crippen molar-refractivity contribution in [3.63, 3.8) is 0 Å². The molecule has 88 valence electrons. The number of nitrogens with two attached hydrogens (primary N) is 1. The van der Waals surface area contributed by atoms with Crippen molar-refractivity contribution in [1.29, 1.82) is 0 Å². The first-order chi connectivity index (χ1) is 7.51. The maximum Gasteiger partial charge on any atom is 0.126 e. The highest BCUT2D eigenvalue weighted by atomic mass is 32.1. The van der Waals surface area contributed by atoms with Crippen LogP contribution < -0.4 is 5.73 Å². The molecule has 0 fully saturated rings. The Morgan fingerprint density at radius 3 is 2.31 bits per heavy atom. The van der Waals surface area contributed by atoms with Crippen molar-refractivity contribution < 1.29 is 8.78 Å². The van der Waals surface area contributed by atoms with Crippen LogP contribution in [0.2, 0.25) is 0 Å². The van der Waals surface area contributed by atoms with Crippen LogP contribution in [0.1, 0.15) is 12.5 Å². The van der Waals surface area contributed by atoms with Crippen molar-refractivity contribution in [3.8, 4) is 0 Å². The van der Waals surface area contributed by atoms with Crippen LogP contribution in [-0.2, 0) is 6.54 Å². The highest BCUT2D eigenvalue weighted by Gasteiger charge is 2.07. The summed E-state index contributed by atoms with van der Waals surface area (Å²) in [6.07, 6.45) is 0. The molecule has 0 unspecified atom stereocenters. The van der Waals surface area contributed by atoms with Gasteiger partial charge in [0.25, 0.3) is 0 Å². The molecule has 0 saturated carbocycles. The zero-order valence-corrected chi connectivity index (χ0v) is 9.86. The Kier molecular flexibility index (Phi) is 4.76. The van der Waals surface area contributed by atoms with Gasteiger partial charge in [0.15, 0.2) is 0 Å². The quantitative estimate of drug-likeness (QED) is 0.804. The maximum atomic E-state index is 12.9. The Hall–Kier alpha value is -1.07. The standard InChI is InChI=1S/C11H14F2N2S/c1-2-15(7-11(14)16)6-8-3-9(12)5-10(13)4-8/h3-5H,2,6-7H2,1H3,(H2,14,16). The van der Waals surface area contributed by atoms with Crippen molar-refractivity contribution in [3.05, 3.63) is 35.4 Å². The van der Waals surface area contributed by atoms with Crippen molar-refractivity contribution in [2.24, 2.45) is 5.73 Å². The molecular formula is C11H14F2N2S. The lowest BCUT2D eigenvalue weighted by Gasteiger charge is -2.19. The van der Waals surface area contributed by atoms with E-state index in [4.69, 9.17) is 18.0 Å². The second-order valence-electron chi connectivity index (χ2n) is 3.55. The summed E-state index contributed by atoms with van der Waals surface area (Å²) in [5.41, 5.74) is 6.00. The molecule has 1 rings (SSSR count). The predicted molar refractivity (Wildman–Crippen MR) is 64.1 cm³/mol. The third-order valence-corrected chi connectivity index (χ3v) is 2.28. The smallest absolute Gasteiger partial charge is 0.126 e. The summed E-state index contributed by atoms with van der Waals surface area (Å²) in [4.78, 5) is 2.29. The van der Waals surface area contributed by atoms with Gasteiger partial charge in [-0.3, -0.25) is 4.90 Å². The topological polar surface area (TPSA) is 29.3 Å². The van der Waals surface area contributed by atoms with E-state index in [-0.39, 0.29) is 0 Å². The number of hydrogen-bond acceptors (Lipinski definition) is 2. The molecule has 0 saturated heterocycles. The minimum absolute atomic E-state index is 0.374. The molecule has 0 aliphatic carbocycles. The van der Waals surface area contributed by atoms with E-state index in [9.17, 15) is 8.78 Å². The number of halogens is 2. The Morgan fingerprint density at radius 1 is 1.31 bits per heavy atom. The molecule has 0 spiro atoms. The zero-order valence-electron chi connectivity index (χ0n) is 9.04. The van der Waals surface area contributed by atoms with Crippen LogP contribution >= 0.6 is 12.2 Å². The molecular weight excluding hydrogens is 230 g/mol. The Balaban J connectivity index is 2.73. The summed E-state index contributed by atoms with van der Waals surface area (Å²) >= 11 is 4.79. The SMILES string of the molecule is CCN(CC(N)=S)Cc1cc(F)cc(F)c1. The minimum Gasteiger partial charge on any atom is -0.392 e. The van der Waals surface area contributed by atoms with Gasteiger partial charge in [0, 0.05) is 19.2 Å². The fourth-order valence-electron chi connectivity index (χ4n) is 1.46. The third kappa shape index (κ3) is 4.20. The van der Waals surface area contributed by atoms with E-state index in [1.54, 1.807) is 0 Å². The Morgan fingerprint density at radius 2 is 1.88 bits per heavy atom. The molecule has 5 heteroatoms. The van der Waals surface area contributed by atoms with Crippen LogP contribution in [0.3, 0.4) is 0 Å². The van der Waals surface area contributed by atoms with E-state index in [1.165, 1.54) is 12.1 Å². The summed E-state index contributed by atoms with van der Waals surface area (Å²) in [6, 6.07) is 3.48. The number of thiocarbonyl (C=S) groups is 1. The summed E-state index contributed by atoms with van der Waals surface area (Å²) in [5, 5.41) is 0. The first-order valence-electron chi connectivity index (χ1n) is 4.97. The van der Waals surface area contributed by atoms with Crippen molar-refractivity contribution in [2.75, 3.05) is 13.1 Å². The minimum atomic E-state index is -0.568. The molecule has 0 atom stereocenters. The van der Waals surface area contributed by atoms with Gasteiger partial charge in [-0.05, 0) is 24.2 Å². The van der Waals surface area contributed by atoms with Gasteiger partial charge in [0.05, 0.1) is 4.99 Å². The van der Waals surface area contributed by atoms with Gasteiger partial charge in [0.2, 0.25) is 0 Å². The van der Waals surface area contributed by atoms with Crippen LogP contribution in [0.25, 0.3) is 0 Å². The van der Waals surface area contributed by atoms with Gasteiger partial charge in [-0.2, -0.15) is 0 Å². The van der Waals surface area contributed by atoms with Gasteiger partial charge in [0.1, 0.15) is 11.6 Å². The van der Waals surface area contributed by atoms with E-state index >= 15 is 0 Å². The van der Waals surface area contributed by atoms with Crippen LogP contribution in [0, 0.1) is 11.6 Å². The Labute approximate surface area is 99.0 Å². The monoisotopic (exact) mass is 244 g/mol. The fourth-order valence-corrected chi connectivity index (χ4v) is 1.64. The Bertz CT molecular complexity index is 362. The molecule has 1 aromatic rings. The second-order valence-corrected chi connectivity index (χ2v) is 4.07. The molecule has 2 N–H and O–H groups in total. The van der Waals surface area contributed by atoms with E-state index in [0.717, 1.165) is 12.6 Å². The summed E-state index contributed by atoms with van der Waals surface area (Å²) in [5.74, 6) is -1.14. The molecule has 0 bridgehead atoms. The van der Waals surface area contributed by atoms with Crippen molar-refractivity contribution >= 4 is 17.2 Å². The average molecular weight is 244 g/mol. The van der Waals surface area contributed by atoms with Gasteiger partial charge >= 0.3 is 0 Å². The number of benzene rings is 1. The molecule has 0 aromatic heterocycles. The third-order valence-electron chi connectivity index (χ3n) is 2.16. The normalized spacial score (nSPS) is 10.8. The number of nitrogens with zero attached hydrogens (tertiary/aromatic N) is 1. The molecule has 0 amide bonds. The van der Waals surface area contributed by atoms with Gasteiger partial charge in [-0.1, -0.05) is 19.1 Å². The lowest BCUT2D eigenvalue weighted by molar-refractivity contribution is 0.320.